The van der Waals surface area contributed by atoms with Crippen LogP contribution in [0.1, 0.15) is 88.6 Å². The molecule has 0 bridgehead atoms. The molecule has 2 aliphatic rings. The van der Waals surface area contributed by atoms with Crippen LogP contribution in [0.15, 0.2) is 81.6 Å². The number of methoxy groups -OCH3 is 4. The van der Waals surface area contributed by atoms with E-state index in [0.717, 1.165) is 126 Å². The summed E-state index contributed by atoms with van der Waals surface area (Å²) in [4.78, 5) is 0. The van der Waals surface area contributed by atoms with Crippen molar-refractivity contribution in [1.82, 2.24) is 0 Å². The molecule has 8 rings (SSSR count). The molecule has 0 spiro atoms. The van der Waals surface area contributed by atoms with Gasteiger partial charge in [-0.3, -0.25) is 0 Å². The minimum atomic E-state index is -5.58. The summed E-state index contributed by atoms with van der Waals surface area (Å²) in [6.45, 7) is 17.3. The van der Waals surface area contributed by atoms with Gasteiger partial charge in [0.1, 0.15) is 0 Å². The molecule has 2 heterocycles. The van der Waals surface area contributed by atoms with E-state index in [1.54, 1.807) is 28.4 Å². The zero-order valence-electron chi connectivity index (χ0n) is 37.9. The fourth-order valence-electron chi connectivity index (χ4n) is 9.91. The van der Waals surface area contributed by atoms with Crippen LogP contribution in [0.25, 0.3) is 45.6 Å². The molecular weight excluding hydrogens is 911 g/mol. The van der Waals surface area contributed by atoms with Crippen molar-refractivity contribution in [1.29, 1.82) is 0 Å². The standard InChI is InChI=1S/2C25H25O3.C2H6Si.2ClH.Zr/c2*1-6-17-7-8-18-10-19(24-9-15(2)16(3)28-24)13-23(18)25(17)20-11-21(26-4)14-22(12-20)27-5;1-3-2;;;/h2*7-14H,6H2,1-5H3;1-2H3;2*1H;/q;;;;;+2/p-2. The number of allylic oxidation sites excluding steroid dienone is 2. The van der Waals surface area contributed by atoms with E-state index in [9.17, 15) is 0 Å². The molecule has 6 aromatic rings. The van der Waals surface area contributed by atoms with E-state index < -0.39 is 20.4 Å². The number of ether oxygens (including phenoxy) is 4. The Labute approximate surface area is 374 Å². The molecule has 2 unspecified atom stereocenters. The molecule has 0 fully saturated rings. The summed E-state index contributed by atoms with van der Waals surface area (Å²) in [5, 5.41) is 0. The minimum absolute atomic E-state index is 0.330. The molecule has 2 aliphatic carbocycles. The zero-order valence-corrected chi connectivity index (χ0v) is 42.8. The summed E-state index contributed by atoms with van der Waals surface area (Å²) in [5.74, 6) is 6.24. The van der Waals surface area contributed by atoms with Crippen LogP contribution < -0.4 is 18.9 Å². The van der Waals surface area contributed by atoms with E-state index in [2.05, 4.69) is 114 Å². The predicted molar refractivity (Wildman–Crippen MR) is 255 cm³/mol. The van der Waals surface area contributed by atoms with Gasteiger partial charge in [-0.1, -0.05) is 0 Å². The van der Waals surface area contributed by atoms with Gasteiger partial charge in [-0.05, 0) is 0 Å². The van der Waals surface area contributed by atoms with E-state index in [1.807, 2.05) is 26.0 Å². The molecule has 0 saturated carbocycles. The zero-order chi connectivity index (χ0) is 44.4. The van der Waals surface area contributed by atoms with Gasteiger partial charge in [0.25, 0.3) is 0 Å². The predicted octanol–water partition coefficient (Wildman–Crippen LogP) is 14.7. The first-order valence-corrected chi connectivity index (χ1v) is 36.7. The average molecular weight is 967 g/mol. The molecule has 0 aliphatic heterocycles. The van der Waals surface area contributed by atoms with Gasteiger partial charge in [0.2, 0.25) is 0 Å². The van der Waals surface area contributed by atoms with Gasteiger partial charge >= 0.3 is 377 Å². The van der Waals surface area contributed by atoms with Gasteiger partial charge in [0.05, 0.1) is 0 Å². The van der Waals surface area contributed by atoms with Crippen LogP contribution >= 0.6 is 17.0 Å². The number of halogens is 2. The second kappa shape index (κ2) is 16.7. The van der Waals surface area contributed by atoms with Crippen LogP contribution in [0.2, 0.25) is 13.1 Å². The average Bonchev–Trinajstić information content (AvgIpc) is 4.05. The number of fused-ring (bicyclic) bond motifs is 2. The third-order valence-corrected chi connectivity index (χ3v) is 59.8. The maximum atomic E-state index is 9.09. The number of hydrogen-bond donors (Lipinski definition) is 0. The Bertz CT molecular complexity index is 2650. The Morgan fingerprint density at radius 2 is 0.903 bits per heavy atom. The van der Waals surface area contributed by atoms with Crippen LogP contribution in [0.5, 0.6) is 23.0 Å². The summed E-state index contributed by atoms with van der Waals surface area (Å²) in [5.41, 5.74) is 13.8. The number of hydrogen-bond acceptors (Lipinski definition) is 6. The van der Waals surface area contributed by atoms with Gasteiger partial charge in [0, 0.05) is 0 Å². The second-order valence-corrected chi connectivity index (χ2v) is 55.8. The van der Waals surface area contributed by atoms with Gasteiger partial charge in [-0.2, -0.15) is 0 Å². The van der Waals surface area contributed by atoms with Crippen LogP contribution in [-0.2, 0) is 27.9 Å². The van der Waals surface area contributed by atoms with Crippen LogP contribution in [0, 0.1) is 27.7 Å². The summed E-state index contributed by atoms with van der Waals surface area (Å²) in [6.07, 6.45) is 6.30. The Hall–Kier alpha value is -4.20. The fourth-order valence-corrected chi connectivity index (χ4v) is 37.6. The second-order valence-electron chi connectivity index (χ2n) is 17.0. The van der Waals surface area contributed by atoms with Gasteiger partial charge < -0.3 is 0 Å². The molecule has 62 heavy (non-hydrogen) atoms. The Morgan fingerprint density at radius 3 is 1.18 bits per heavy atom. The summed E-state index contributed by atoms with van der Waals surface area (Å²) >= 11 is -5.58. The first-order chi connectivity index (χ1) is 29.6. The third kappa shape index (κ3) is 7.08. The van der Waals surface area contributed by atoms with Crippen LogP contribution in [-0.4, -0.2) is 33.9 Å². The van der Waals surface area contributed by atoms with Crippen molar-refractivity contribution < 1.29 is 42.8 Å². The molecule has 10 heteroatoms. The summed E-state index contributed by atoms with van der Waals surface area (Å²) < 4.78 is 36.1. The quantitative estimate of drug-likeness (QED) is 0.114. The molecule has 0 radical (unpaired) electrons. The van der Waals surface area contributed by atoms with Crippen molar-refractivity contribution in [3.05, 3.63) is 140 Å². The number of benzene rings is 4. The normalized spacial score (nSPS) is 15.9. The van der Waals surface area contributed by atoms with E-state index in [0.29, 0.717) is 0 Å². The monoisotopic (exact) mass is 964 g/mol. The summed E-state index contributed by atoms with van der Waals surface area (Å²) in [7, 11) is 24.9. The van der Waals surface area contributed by atoms with E-state index in [1.165, 1.54) is 11.1 Å². The van der Waals surface area contributed by atoms with Gasteiger partial charge in [0.15, 0.2) is 0 Å². The van der Waals surface area contributed by atoms with Crippen molar-refractivity contribution >= 4 is 45.8 Å². The molecule has 6 nitrogen and oxygen atoms in total. The number of rotatable bonds is 12. The molecule has 2 aromatic heterocycles. The number of aryl methyl sites for hydroxylation is 6. The topological polar surface area (TPSA) is 63.2 Å². The maximum absolute atomic E-state index is 9.09. The molecular formula is C52H56Cl2O6SiZr. The van der Waals surface area contributed by atoms with E-state index >= 15 is 0 Å². The van der Waals surface area contributed by atoms with Crippen molar-refractivity contribution in [3.63, 3.8) is 0 Å². The van der Waals surface area contributed by atoms with Crippen LogP contribution in [0.3, 0.4) is 0 Å². The van der Waals surface area contributed by atoms with Crippen molar-refractivity contribution in [2.75, 3.05) is 28.4 Å². The Morgan fingerprint density at radius 1 is 0.548 bits per heavy atom. The molecule has 2 atom stereocenters. The van der Waals surface area contributed by atoms with Gasteiger partial charge in [-0.15, -0.1) is 0 Å². The number of furan rings is 2. The van der Waals surface area contributed by atoms with E-state index in [4.69, 9.17) is 44.8 Å². The molecule has 4 aromatic carbocycles. The molecule has 322 valence electrons. The molecule has 0 N–H and O–H groups in total. The SMILES string of the molecule is CCc1ccc2c(c1-c1cc(OC)cc(OC)c1)C=C(c1cc(C)c(C)o1)[CH]2[Zr]([Cl])([Cl])([CH]1C(c2cc(C)c(C)o2)=Cc2c1ccc(CC)c2-c1cc(OC)cc(OC)c1)=[Si](C)C. The fraction of sp³-hybridized carbons (Fsp3) is 0.308. The van der Waals surface area contributed by atoms with Crippen molar-refractivity contribution in [2.24, 2.45) is 0 Å². The van der Waals surface area contributed by atoms with Crippen molar-refractivity contribution in [2.45, 2.75) is 74.7 Å². The molecule has 0 amide bonds. The van der Waals surface area contributed by atoms with E-state index in [-0.39, 0.29) is 7.25 Å². The summed E-state index contributed by atoms with van der Waals surface area (Å²) in [6, 6.07) is 25.7. The first kappa shape index (κ1) is 44.4. The van der Waals surface area contributed by atoms with Crippen molar-refractivity contribution in [3.8, 4) is 45.3 Å². The third-order valence-electron chi connectivity index (χ3n) is 13.5. The first-order valence-electron chi connectivity index (χ1n) is 21.3. The Balaban J connectivity index is 1.49. The van der Waals surface area contributed by atoms with Gasteiger partial charge in [-0.25, -0.2) is 0 Å². The Kier molecular flexibility index (Phi) is 12.0. The van der Waals surface area contributed by atoms with Crippen LogP contribution in [0.4, 0.5) is 0 Å². The molecule has 0 saturated heterocycles.